The molecule has 1 unspecified atom stereocenters. The van der Waals surface area contributed by atoms with E-state index in [0.717, 1.165) is 10.5 Å². The molecule has 32 heavy (non-hydrogen) atoms. The van der Waals surface area contributed by atoms with E-state index in [4.69, 9.17) is 4.74 Å². The highest BCUT2D eigenvalue weighted by atomic mass is 16.5. The third kappa shape index (κ3) is 4.34. The number of likely N-dealkylation sites (tertiary alicyclic amines) is 1. The predicted octanol–water partition coefficient (Wildman–Crippen LogP) is 2.59. The molecule has 8 nitrogen and oxygen atoms in total. The van der Waals surface area contributed by atoms with Gasteiger partial charge in [0.25, 0.3) is 11.8 Å². The SMILES string of the molecule is CC(C(=O)N1CCC(NC(=O)OCc2ccccc2)CC1)N1C(=O)c2ccccc2C1=O. The Morgan fingerprint density at radius 1 is 0.969 bits per heavy atom. The average Bonchev–Trinajstić information content (AvgIpc) is 3.08. The Morgan fingerprint density at radius 3 is 2.12 bits per heavy atom. The molecule has 0 aromatic heterocycles. The lowest BCUT2D eigenvalue weighted by molar-refractivity contribution is -0.136. The zero-order valence-corrected chi connectivity index (χ0v) is 17.8. The minimum atomic E-state index is -0.886. The standard InChI is InChI=1S/C24H25N3O5/c1-16(27-22(29)19-9-5-6-10-20(19)23(27)30)21(28)26-13-11-18(12-14-26)25-24(31)32-15-17-7-3-2-4-8-17/h2-10,16,18H,11-15H2,1H3,(H,25,31). The second-order valence-corrected chi connectivity index (χ2v) is 8.01. The summed E-state index contributed by atoms with van der Waals surface area (Å²) in [6.45, 7) is 2.63. The summed E-state index contributed by atoms with van der Waals surface area (Å²) in [5.41, 5.74) is 1.56. The molecule has 4 amide bonds. The van der Waals surface area contributed by atoms with Crippen LogP contribution in [0.4, 0.5) is 4.79 Å². The maximum absolute atomic E-state index is 13.0. The quantitative estimate of drug-likeness (QED) is 0.729. The van der Waals surface area contributed by atoms with Crippen LogP contribution in [0.3, 0.4) is 0 Å². The molecule has 2 aromatic rings. The van der Waals surface area contributed by atoms with E-state index in [1.807, 2.05) is 30.3 Å². The first-order valence-electron chi connectivity index (χ1n) is 10.7. The summed E-state index contributed by atoms with van der Waals surface area (Å²) < 4.78 is 5.25. The van der Waals surface area contributed by atoms with Gasteiger partial charge in [-0.25, -0.2) is 4.79 Å². The van der Waals surface area contributed by atoms with E-state index in [0.29, 0.717) is 37.1 Å². The third-order valence-corrected chi connectivity index (χ3v) is 5.91. The van der Waals surface area contributed by atoms with Crippen molar-refractivity contribution < 1.29 is 23.9 Å². The molecule has 1 atom stereocenters. The van der Waals surface area contributed by atoms with Gasteiger partial charge in [-0.15, -0.1) is 0 Å². The highest BCUT2D eigenvalue weighted by Crippen LogP contribution is 2.25. The van der Waals surface area contributed by atoms with E-state index >= 15 is 0 Å². The van der Waals surface area contributed by atoms with Crippen LogP contribution in [0.2, 0.25) is 0 Å². The first kappa shape index (κ1) is 21.5. The lowest BCUT2D eigenvalue weighted by atomic mass is 10.0. The largest absolute Gasteiger partial charge is 0.445 e. The monoisotopic (exact) mass is 435 g/mol. The minimum Gasteiger partial charge on any atom is -0.445 e. The van der Waals surface area contributed by atoms with E-state index in [1.54, 1.807) is 36.1 Å². The Hall–Kier alpha value is -3.68. The van der Waals surface area contributed by atoms with Gasteiger partial charge >= 0.3 is 6.09 Å². The van der Waals surface area contributed by atoms with E-state index in [9.17, 15) is 19.2 Å². The van der Waals surface area contributed by atoms with Crippen LogP contribution in [0, 0.1) is 0 Å². The Morgan fingerprint density at radius 2 is 1.53 bits per heavy atom. The number of nitrogens with zero attached hydrogens (tertiary/aromatic N) is 2. The van der Waals surface area contributed by atoms with Crippen molar-refractivity contribution in [2.24, 2.45) is 0 Å². The number of nitrogens with one attached hydrogen (secondary N) is 1. The molecular formula is C24H25N3O5. The van der Waals surface area contributed by atoms with Crippen LogP contribution in [0.25, 0.3) is 0 Å². The summed E-state index contributed by atoms with van der Waals surface area (Å²) in [6.07, 6.45) is 0.653. The van der Waals surface area contributed by atoms with Crippen LogP contribution in [0.15, 0.2) is 54.6 Å². The number of amides is 4. The number of fused-ring (bicyclic) bond motifs is 1. The van der Waals surface area contributed by atoms with Gasteiger partial charge in [0.2, 0.25) is 5.91 Å². The van der Waals surface area contributed by atoms with Gasteiger partial charge in [0.1, 0.15) is 12.6 Å². The van der Waals surface area contributed by atoms with Crippen LogP contribution < -0.4 is 5.32 Å². The Labute approximate surface area is 186 Å². The minimum absolute atomic E-state index is 0.100. The van der Waals surface area contributed by atoms with Crippen LogP contribution in [0.5, 0.6) is 0 Å². The number of carbonyl (C=O) groups is 4. The van der Waals surface area contributed by atoms with Gasteiger partial charge in [-0.1, -0.05) is 42.5 Å². The molecule has 2 aliphatic heterocycles. The van der Waals surface area contributed by atoms with Crippen LogP contribution in [-0.2, 0) is 16.1 Å². The average molecular weight is 435 g/mol. The summed E-state index contributed by atoms with van der Waals surface area (Å²) in [7, 11) is 0. The molecule has 4 rings (SSSR count). The van der Waals surface area contributed by atoms with Crippen molar-refractivity contribution in [2.75, 3.05) is 13.1 Å². The number of ether oxygens (including phenoxy) is 1. The van der Waals surface area contributed by atoms with Crippen molar-refractivity contribution in [1.82, 2.24) is 15.1 Å². The lowest BCUT2D eigenvalue weighted by Gasteiger charge is -2.35. The Kier molecular flexibility index (Phi) is 6.20. The molecule has 2 aliphatic rings. The number of rotatable bonds is 5. The molecule has 1 N–H and O–H groups in total. The van der Waals surface area contributed by atoms with Gasteiger partial charge in [0.05, 0.1) is 11.1 Å². The second-order valence-electron chi connectivity index (χ2n) is 8.01. The zero-order valence-electron chi connectivity index (χ0n) is 17.8. The van der Waals surface area contributed by atoms with Crippen LogP contribution in [0.1, 0.15) is 46.0 Å². The summed E-state index contributed by atoms with van der Waals surface area (Å²) in [5, 5.41) is 2.84. The number of alkyl carbamates (subject to hydrolysis) is 1. The van der Waals surface area contributed by atoms with Gasteiger partial charge in [0.15, 0.2) is 0 Å². The van der Waals surface area contributed by atoms with Crippen molar-refractivity contribution in [3.05, 3.63) is 71.3 Å². The molecule has 0 spiro atoms. The summed E-state index contributed by atoms with van der Waals surface area (Å²) in [4.78, 5) is 53.0. The summed E-state index contributed by atoms with van der Waals surface area (Å²) in [5.74, 6) is -1.15. The van der Waals surface area contributed by atoms with Crippen LogP contribution >= 0.6 is 0 Å². The third-order valence-electron chi connectivity index (χ3n) is 5.91. The number of piperidine rings is 1. The van der Waals surface area contributed by atoms with Gasteiger partial charge in [-0.3, -0.25) is 19.3 Å². The maximum atomic E-state index is 13.0. The highest BCUT2D eigenvalue weighted by Gasteiger charge is 2.42. The lowest BCUT2D eigenvalue weighted by Crippen LogP contribution is -2.53. The molecule has 1 fully saturated rings. The first-order valence-corrected chi connectivity index (χ1v) is 10.7. The number of imide groups is 1. The second kappa shape index (κ2) is 9.21. The molecule has 0 bridgehead atoms. The van der Waals surface area contributed by atoms with Crippen molar-refractivity contribution in [3.63, 3.8) is 0 Å². The number of benzene rings is 2. The van der Waals surface area contributed by atoms with Crippen molar-refractivity contribution in [1.29, 1.82) is 0 Å². The van der Waals surface area contributed by atoms with Crippen LogP contribution in [-0.4, -0.2) is 58.8 Å². The molecule has 0 aliphatic carbocycles. The van der Waals surface area contributed by atoms with E-state index in [-0.39, 0.29) is 18.6 Å². The van der Waals surface area contributed by atoms with Gasteiger partial charge in [-0.2, -0.15) is 0 Å². The number of hydrogen-bond donors (Lipinski definition) is 1. The fourth-order valence-corrected chi connectivity index (χ4v) is 4.11. The van der Waals surface area contributed by atoms with Crippen molar-refractivity contribution in [3.8, 4) is 0 Å². The van der Waals surface area contributed by atoms with Gasteiger partial charge < -0.3 is 15.0 Å². The summed E-state index contributed by atoms with van der Waals surface area (Å²) >= 11 is 0. The molecule has 2 aromatic carbocycles. The fourth-order valence-electron chi connectivity index (χ4n) is 4.11. The molecule has 8 heteroatoms. The molecular weight excluding hydrogens is 410 g/mol. The highest BCUT2D eigenvalue weighted by molar-refractivity contribution is 6.22. The first-order chi connectivity index (χ1) is 15.5. The molecule has 1 saturated heterocycles. The van der Waals surface area contributed by atoms with Gasteiger partial charge in [-0.05, 0) is 37.5 Å². The molecule has 0 radical (unpaired) electrons. The Bertz CT molecular complexity index is 996. The van der Waals surface area contributed by atoms with Crippen molar-refractivity contribution in [2.45, 2.75) is 38.5 Å². The number of hydrogen-bond acceptors (Lipinski definition) is 5. The number of carbonyl (C=O) groups excluding carboxylic acids is 4. The molecule has 2 heterocycles. The topological polar surface area (TPSA) is 96.0 Å². The van der Waals surface area contributed by atoms with E-state index < -0.39 is 23.9 Å². The Balaban J connectivity index is 1.27. The smallest absolute Gasteiger partial charge is 0.407 e. The molecule has 0 saturated carbocycles. The predicted molar refractivity (Wildman–Crippen MR) is 116 cm³/mol. The normalized spacial score (nSPS) is 17.2. The summed E-state index contributed by atoms with van der Waals surface area (Å²) in [6, 6.07) is 15.0. The van der Waals surface area contributed by atoms with Crippen molar-refractivity contribution >= 4 is 23.8 Å². The zero-order chi connectivity index (χ0) is 22.7. The fraction of sp³-hybridized carbons (Fsp3) is 0.333. The van der Waals surface area contributed by atoms with E-state index in [1.165, 1.54) is 0 Å². The molecule has 166 valence electrons. The maximum Gasteiger partial charge on any atom is 0.407 e. The van der Waals surface area contributed by atoms with E-state index in [2.05, 4.69) is 5.32 Å². The van der Waals surface area contributed by atoms with Gasteiger partial charge in [0, 0.05) is 19.1 Å².